The van der Waals surface area contributed by atoms with Gasteiger partial charge in [-0.05, 0) is 19.3 Å². The van der Waals surface area contributed by atoms with Crippen LogP contribution in [0.4, 0.5) is 0 Å². The van der Waals surface area contributed by atoms with Gasteiger partial charge in [0.1, 0.15) is 5.41 Å². The highest BCUT2D eigenvalue weighted by Crippen LogP contribution is 2.45. The van der Waals surface area contributed by atoms with E-state index in [0.717, 1.165) is 0 Å². The van der Waals surface area contributed by atoms with E-state index in [-0.39, 0.29) is 18.6 Å². The van der Waals surface area contributed by atoms with E-state index in [2.05, 4.69) is 5.32 Å². The second-order valence-corrected chi connectivity index (χ2v) is 3.46. The summed E-state index contributed by atoms with van der Waals surface area (Å²) in [7, 11) is 0. The van der Waals surface area contributed by atoms with Crippen molar-refractivity contribution in [1.82, 2.24) is 5.32 Å². The molecule has 0 unspecified atom stereocenters. The van der Waals surface area contributed by atoms with Gasteiger partial charge < -0.3 is 10.4 Å². The number of nitriles is 1. The van der Waals surface area contributed by atoms with Crippen molar-refractivity contribution in [2.24, 2.45) is 5.41 Å². The number of carbonyl (C=O) groups is 1. The van der Waals surface area contributed by atoms with Gasteiger partial charge in [0.05, 0.1) is 18.7 Å². The van der Waals surface area contributed by atoms with E-state index in [1.807, 2.05) is 13.0 Å². The second-order valence-electron chi connectivity index (χ2n) is 3.46. The molecule has 0 aromatic heterocycles. The maximum absolute atomic E-state index is 11.4. The molecule has 72 valence electrons. The van der Waals surface area contributed by atoms with Crippen LogP contribution in [0.15, 0.2) is 0 Å². The first-order chi connectivity index (χ1) is 6.18. The van der Waals surface area contributed by atoms with Crippen molar-refractivity contribution in [3.63, 3.8) is 0 Å². The molecule has 4 nitrogen and oxygen atoms in total. The Hall–Kier alpha value is -1.08. The molecule has 0 radical (unpaired) electrons. The smallest absolute Gasteiger partial charge is 0.240 e. The SMILES string of the molecule is CC[C@@H](CO)NC(=O)C1(C#N)CC1. The third kappa shape index (κ3) is 1.99. The molecule has 0 spiro atoms. The number of aliphatic hydroxyl groups is 1. The van der Waals surface area contributed by atoms with Crippen LogP contribution >= 0.6 is 0 Å². The van der Waals surface area contributed by atoms with Crippen molar-refractivity contribution in [3.05, 3.63) is 0 Å². The minimum absolute atomic E-state index is 0.0657. The first kappa shape index (κ1) is 10.0. The fraction of sp³-hybridized carbons (Fsp3) is 0.778. The summed E-state index contributed by atoms with van der Waals surface area (Å²) in [5, 5.41) is 20.2. The number of nitrogens with zero attached hydrogens (tertiary/aromatic N) is 1. The fourth-order valence-electron chi connectivity index (χ4n) is 1.11. The molecular weight excluding hydrogens is 168 g/mol. The number of rotatable bonds is 4. The maximum Gasteiger partial charge on any atom is 0.240 e. The molecular formula is C9H14N2O2. The first-order valence-corrected chi connectivity index (χ1v) is 4.51. The zero-order valence-corrected chi connectivity index (χ0v) is 7.71. The highest BCUT2D eigenvalue weighted by molar-refractivity contribution is 5.88. The monoisotopic (exact) mass is 182 g/mol. The first-order valence-electron chi connectivity index (χ1n) is 4.51. The molecule has 1 rings (SSSR count). The van der Waals surface area contributed by atoms with Crippen LogP contribution in [0.25, 0.3) is 0 Å². The van der Waals surface area contributed by atoms with E-state index in [1.165, 1.54) is 0 Å². The lowest BCUT2D eigenvalue weighted by Crippen LogP contribution is -2.41. The quantitative estimate of drug-likeness (QED) is 0.651. The molecule has 4 heteroatoms. The Labute approximate surface area is 77.6 Å². The van der Waals surface area contributed by atoms with E-state index < -0.39 is 5.41 Å². The van der Waals surface area contributed by atoms with Gasteiger partial charge in [0, 0.05) is 0 Å². The molecule has 1 saturated carbocycles. The third-order valence-corrected chi connectivity index (χ3v) is 2.45. The van der Waals surface area contributed by atoms with Gasteiger partial charge in [0.15, 0.2) is 0 Å². The Morgan fingerprint density at radius 3 is 2.69 bits per heavy atom. The molecule has 0 aromatic carbocycles. The predicted octanol–water partition coefficient (Wildman–Crippen LogP) is 0.177. The van der Waals surface area contributed by atoms with Gasteiger partial charge in [0.2, 0.25) is 5.91 Å². The van der Waals surface area contributed by atoms with Gasteiger partial charge in [-0.15, -0.1) is 0 Å². The number of hydrogen-bond acceptors (Lipinski definition) is 3. The Kier molecular flexibility index (Phi) is 2.89. The topological polar surface area (TPSA) is 73.1 Å². The number of hydrogen-bond donors (Lipinski definition) is 2. The number of nitrogens with one attached hydrogen (secondary N) is 1. The van der Waals surface area contributed by atoms with Crippen molar-refractivity contribution in [2.45, 2.75) is 32.2 Å². The molecule has 13 heavy (non-hydrogen) atoms. The van der Waals surface area contributed by atoms with Crippen LogP contribution < -0.4 is 5.32 Å². The second kappa shape index (κ2) is 3.75. The zero-order chi connectivity index (χ0) is 9.90. The van der Waals surface area contributed by atoms with Crippen molar-refractivity contribution >= 4 is 5.91 Å². The number of carbonyl (C=O) groups excluding carboxylic acids is 1. The van der Waals surface area contributed by atoms with E-state index >= 15 is 0 Å². The molecule has 0 aromatic rings. The summed E-state index contributed by atoms with van der Waals surface area (Å²) in [5.74, 6) is -0.226. The van der Waals surface area contributed by atoms with Crippen molar-refractivity contribution < 1.29 is 9.90 Å². The van der Waals surface area contributed by atoms with E-state index in [1.54, 1.807) is 0 Å². The number of aliphatic hydroxyl groups excluding tert-OH is 1. The minimum atomic E-state index is -0.775. The maximum atomic E-state index is 11.4. The zero-order valence-electron chi connectivity index (χ0n) is 7.71. The summed E-state index contributed by atoms with van der Waals surface area (Å²) in [6, 6.07) is 1.80. The Balaban J connectivity index is 2.46. The van der Waals surface area contributed by atoms with Crippen LogP contribution in [0, 0.1) is 16.7 Å². The summed E-state index contributed by atoms with van der Waals surface area (Å²) in [5.41, 5.74) is -0.775. The van der Waals surface area contributed by atoms with Crippen LogP contribution in [0.2, 0.25) is 0 Å². The number of amides is 1. The van der Waals surface area contributed by atoms with Gasteiger partial charge in [0.25, 0.3) is 0 Å². The van der Waals surface area contributed by atoms with Gasteiger partial charge >= 0.3 is 0 Å². The van der Waals surface area contributed by atoms with E-state index in [9.17, 15) is 4.79 Å². The van der Waals surface area contributed by atoms with Gasteiger partial charge in [-0.3, -0.25) is 4.79 Å². The molecule has 1 aliphatic rings. The summed E-state index contributed by atoms with van der Waals surface area (Å²) in [6.45, 7) is 1.82. The Bertz CT molecular complexity index is 236. The lowest BCUT2D eigenvalue weighted by molar-refractivity contribution is -0.125. The molecule has 0 heterocycles. The van der Waals surface area contributed by atoms with Crippen LogP contribution in [-0.4, -0.2) is 23.7 Å². The fourth-order valence-corrected chi connectivity index (χ4v) is 1.11. The molecule has 0 aliphatic heterocycles. The molecule has 2 N–H and O–H groups in total. The minimum Gasteiger partial charge on any atom is -0.394 e. The standard InChI is InChI=1S/C9H14N2O2/c1-2-7(5-12)11-8(13)9(6-10)3-4-9/h7,12H,2-5H2,1H3,(H,11,13)/t7-/m0/s1. The summed E-state index contributed by atoms with van der Waals surface area (Å²) < 4.78 is 0. The predicted molar refractivity (Wildman–Crippen MR) is 46.6 cm³/mol. The van der Waals surface area contributed by atoms with Crippen LogP contribution in [0.3, 0.4) is 0 Å². The average Bonchev–Trinajstić information content (AvgIpc) is 2.94. The van der Waals surface area contributed by atoms with Crippen LogP contribution in [0.5, 0.6) is 0 Å². The molecule has 1 aliphatic carbocycles. The summed E-state index contributed by atoms with van der Waals surface area (Å²) in [4.78, 5) is 11.4. The Morgan fingerprint density at radius 2 is 2.38 bits per heavy atom. The Morgan fingerprint density at radius 1 is 1.77 bits per heavy atom. The largest absolute Gasteiger partial charge is 0.394 e. The van der Waals surface area contributed by atoms with Crippen molar-refractivity contribution in [2.75, 3.05) is 6.61 Å². The molecule has 0 bridgehead atoms. The summed E-state index contributed by atoms with van der Waals surface area (Å²) in [6.07, 6.45) is 1.98. The van der Waals surface area contributed by atoms with Gasteiger partial charge in [-0.1, -0.05) is 6.92 Å². The highest BCUT2D eigenvalue weighted by atomic mass is 16.3. The van der Waals surface area contributed by atoms with Crippen molar-refractivity contribution in [3.8, 4) is 6.07 Å². The van der Waals surface area contributed by atoms with Gasteiger partial charge in [-0.2, -0.15) is 5.26 Å². The summed E-state index contributed by atoms with van der Waals surface area (Å²) >= 11 is 0. The normalized spacial score (nSPS) is 20.1. The molecule has 1 amide bonds. The van der Waals surface area contributed by atoms with Gasteiger partial charge in [-0.25, -0.2) is 0 Å². The average molecular weight is 182 g/mol. The molecule has 1 atom stereocenters. The molecule has 1 fully saturated rings. The van der Waals surface area contributed by atoms with E-state index in [4.69, 9.17) is 10.4 Å². The van der Waals surface area contributed by atoms with E-state index in [0.29, 0.717) is 19.3 Å². The molecule has 0 saturated heterocycles. The van der Waals surface area contributed by atoms with Crippen LogP contribution in [-0.2, 0) is 4.79 Å². The van der Waals surface area contributed by atoms with Crippen molar-refractivity contribution in [1.29, 1.82) is 5.26 Å². The lowest BCUT2D eigenvalue weighted by Gasteiger charge is -2.15. The third-order valence-electron chi connectivity index (χ3n) is 2.45. The van der Waals surface area contributed by atoms with Crippen LogP contribution in [0.1, 0.15) is 26.2 Å². The highest BCUT2D eigenvalue weighted by Gasteiger charge is 2.50. The lowest BCUT2D eigenvalue weighted by atomic mass is 10.1.